The second-order valence-corrected chi connectivity index (χ2v) is 7.01. The standard InChI is InChI=1S/C16H22N2O3/c1-16(2,3)21-15(20)18-11-5-6-13(18)12(8-11)10-4-7-14(19)17-9-10/h4,7,9,11-13H,5-6,8H2,1-3H3,(H,17,19)/t11-,12+,13+/m0/s1. The number of hydrogen-bond donors (Lipinski definition) is 1. The van der Waals surface area contributed by atoms with Gasteiger partial charge in [-0.15, -0.1) is 0 Å². The van der Waals surface area contributed by atoms with Gasteiger partial charge >= 0.3 is 6.09 Å². The van der Waals surface area contributed by atoms with Gasteiger partial charge in [0.2, 0.25) is 5.56 Å². The molecule has 3 rings (SSSR count). The van der Waals surface area contributed by atoms with Crippen molar-refractivity contribution in [1.29, 1.82) is 0 Å². The molecule has 114 valence electrons. The normalized spacial score (nSPS) is 28.0. The molecule has 2 bridgehead atoms. The van der Waals surface area contributed by atoms with Crippen molar-refractivity contribution in [2.45, 2.75) is 63.6 Å². The van der Waals surface area contributed by atoms with Gasteiger partial charge in [0, 0.05) is 30.3 Å². The van der Waals surface area contributed by atoms with Gasteiger partial charge in [0.25, 0.3) is 0 Å². The summed E-state index contributed by atoms with van der Waals surface area (Å²) in [5.74, 6) is 0.299. The van der Waals surface area contributed by atoms with Gasteiger partial charge in [-0.3, -0.25) is 4.79 Å². The zero-order chi connectivity index (χ0) is 15.2. The fraction of sp³-hybridized carbons (Fsp3) is 0.625. The molecular formula is C16H22N2O3. The number of nitrogens with zero attached hydrogens (tertiary/aromatic N) is 1. The average molecular weight is 290 g/mol. The quantitative estimate of drug-likeness (QED) is 0.865. The van der Waals surface area contributed by atoms with Crippen LogP contribution in [-0.2, 0) is 4.74 Å². The zero-order valence-electron chi connectivity index (χ0n) is 12.8. The third-order valence-electron chi connectivity index (χ3n) is 4.38. The van der Waals surface area contributed by atoms with E-state index >= 15 is 0 Å². The maximum atomic E-state index is 12.4. The van der Waals surface area contributed by atoms with Crippen LogP contribution in [0.5, 0.6) is 0 Å². The van der Waals surface area contributed by atoms with E-state index in [4.69, 9.17) is 4.74 Å². The van der Waals surface area contributed by atoms with Crippen molar-refractivity contribution in [3.63, 3.8) is 0 Å². The van der Waals surface area contributed by atoms with Crippen LogP contribution in [0.3, 0.4) is 0 Å². The predicted octanol–water partition coefficient (Wildman–Crippen LogP) is 2.63. The Kier molecular flexibility index (Phi) is 3.30. The Labute approximate surface area is 124 Å². The molecule has 1 aromatic rings. The van der Waals surface area contributed by atoms with Gasteiger partial charge < -0.3 is 14.6 Å². The van der Waals surface area contributed by atoms with Crippen molar-refractivity contribution in [3.8, 4) is 0 Å². The van der Waals surface area contributed by atoms with E-state index in [1.807, 2.05) is 31.7 Å². The molecular weight excluding hydrogens is 268 g/mol. The molecule has 0 aromatic carbocycles. The number of carbonyl (C=O) groups is 1. The Balaban J connectivity index is 1.79. The first kappa shape index (κ1) is 14.2. The number of amides is 1. The van der Waals surface area contributed by atoms with Crippen molar-refractivity contribution >= 4 is 6.09 Å². The topological polar surface area (TPSA) is 62.4 Å². The number of nitrogens with one attached hydrogen (secondary N) is 1. The van der Waals surface area contributed by atoms with Gasteiger partial charge in [0.15, 0.2) is 0 Å². The van der Waals surface area contributed by atoms with Crippen molar-refractivity contribution in [3.05, 3.63) is 34.2 Å². The monoisotopic (exact) mass is 290 g/mol. The molecule has 2 fully saturated rings. The summed E-state index contributed by atoms with van der Waals surface area (Å²) in [7, 11) is 0. The Morgan fingerprint density at radius 1 is 1.33 bits per heavy atom. The highest BCUT2D eigenvalue weighted by Gasteiger charge is 2.50. The number of H-pyrrole nitrogens is 1. The first-order valence-electron chi connectivity index (χ1n) is 7.55. The highest BCUT2D eigenvalue weighted by atomic mass is 16.6. The van der Waals surface area contributed by atoms with Crippen LogP contribution in [0.15, 0.2) is 23.1 Å². The van der Waals surface area contributed by atoms with Crippen molar-refractivity contribution in [2.24, 2.45) is 0 Å². The van der Waals surface area contributed by atoms with Crippen LogP contribution in [0.2, 0.25) is 0 Å². The second kappa shape index (κ2) is 4.90. The van der Waals surface area contributed by atoms with Crippen LogP contribution in [-0.4, -0.2) is 33.7 Å². The molecule has 0 saturated carbocycles. The number of aromatic nitrogens is 1. The van der Waals surface area contributed by atoms with Crippen LogP contribution in [0.4, 0.5) is 4.79 Å². The van der Waals surface area contributed by atoms with E-state index in [1.165, 1.54) is 0 Å². The van der Waals surface area contributed by atoms with Gasteiger partial charge in [-0.05, 0) is 45.6 Å². The van der Waals surface area contributed by atoms with Crippen LogP contribution in [0.1, 0.15) is 51.5 Å². The highest BCUT2D eigenvalue weighted by Crippen LogP contribution is 2.47. The molecule has 1 N–H and O–H groups in total. The number of aromatic amines is 1. The highest BCUT2D eigenvalue weighted by molar-refractivity contribution is 5.70. The summed E-state index contributed by atoms with van der Waals surface area (Å²) in [6.45, 7) is 5.67. The molecule has 1 amide bonds. The van der Waals surface area contributed by atoms with E-state index in [9.17, 15) is 9.59 Å². The van der Waals surface area contributed by atoms with Gasteiger partial charge in [-0.2, -0.15) is 0 Å². The largest absolute Gasteiger partial charge is 0.444 e. The summed E-state index contributed by atoms with van der Waals surface area (Å²) < 4.78 is 5.53. The minimum absolute atomic E-state index is 0.0918. The SMILES string of the molecule is CC(C)(C)OC(=O)N1[C@H]2CC[C@@H]1[C@@H](c1ccc(=O)[nH]c1)C2. The molecule has 2 aliphatic heterocycles. The Morgan fingerprint density at radius 3 is 2.71 bits per heavy atom. The minimum Gasteiger partial charge on any atom is -0.444 e. The fourth-order valence-electron chi connectivity index (χ4n) is 3.60. The lowest BCUT2D eigenvalue weighted by atomic mass is 9.85. The van der Waals surface area contributed by atoms with E-state index in [0.29, 0.717) is 5.92 Å². The van der Waals surface area contributed by atoms with Crippen LogP contribution < -0.4 is 5.56 Å². The van der Waals surface area contributed by atoms with E-state index in [1.54, 1.807) is 12.3 Å². The number of pyridine rings is 1. The zero-order valence-corrected chi connectivity index (χ0v) is 12.8. The molecule has 0 unspecified atom stereocenters. The summed E-state index contributed by atoms with van der Waals surface area (Å²) in [6.07, 6.45) is 4.58. The fourth-order valence-corrected chi connectivity index (χ4v) is 3.60. The summed E-state index contributed by atoms with van der Waals surface area (Å²) >= 11 is 0. The van der Waals surface area contributed by atoms with Gasteiger partial charge in [-0.25, -0.2) is 4.79 Å². The van der Waals surface area contributed by atoms with E-state index in [2.05, 4.69) is 4.98 Å². The third-order valence-corrected chi connectivity index (χ3v) is 4.38. The molecule has 3 heterocycles. The van der Waals surface area contributed by atoms with E-state index in [0.717, 1.165) is 24.8 Å². The van der Waals surface area contributed by atoms with E-state index in [-0.39, 0.29) is 23.7 Å². The van der Waals surface area contributed by atoms with Crippen molar-refractivity contribution < 1.29 is 9.53 Å². The molecule has 3 atom stereocenters. The number of carbonyl (C=O) groups excluding carboxylic acids is 1. The number of rotatable bonds is 1. The smallest absolute Gasteiger partial charge is 0.410 e. The van der Waals surface area contributed by atoms with Gasteiger partial charge in [-0.1, -0.05) is 6.07 Å². The van der Waals surface area contributed by atoms with E-state index < -0.39 is 5.60 Å². The first-order chi connectivity index (χ1) is 9.85. The summed E-state index contributed by atoms with van der Waals surface area (Å²) in [5.41, 5.74) is 0.549. The van der Waals surface area contributed by atoms with Gasteiger partial charge in [0.1, 0.15) is 5.60 Å². The molecule has 1 aromatic heterocycles. The van der Waals surface area contributed by atoms with Gasteiger partial charge in [0.05, 0.1) is 0 Å². The summed E-state index contributed by atoms with van der Waals surface area (Å²) in [5, 5.41) is 0. The number of hydrogen-bond acceptors (Lipinski definition) is 3. The maximum absolute atomic E-state index is 12.4. The number of fused-ring (bicyclic) bond motifs is 2. The second-order valence-electron chi connectivity index (χ2n) is 7.01. The van der Waals surface area contributed by atoms with Crippen LogP contribution >= 0.6 is 0 Å². The molecule has 0 spiro atoms. The maximum Gasteiger partial charge on any atom is 0.410 e. The molecule has 2 saturated heterocycles. The van der Waals surface area contributed by atoms with Crippen LogP contribution in [0.25, 0.3) is 0 Å². The Bertz CT molecular complexity index is 582. The van der Waals surface area contributed by atoms with Crippen molar-refractivity contribution in [1.82, 2.24) is 9.88 Å². The molecule has 5 nitrogen and oxygen atoms in total. The third kappa shape index (κ3) is 2.69. The lowest BCUT2D eigenvalue weighted by molar-refractivity contribution is 0.0213. The van der Waals surface area contributed by atoms with Crippen LogP contribution in [0, 0.1) is 0 Å². The molecule has 5 heteroatoms. The van der Waals surface area contributed by atoms with Crippen molar-refractivity contribution in [2.75, 3.05) is 0 Å². The number of ether oxygens (including phenoxy) is 1. The summed E-state index contributed by atoms with van der Waals surface area (Å²) in [6, 6.07) is 3.88. The molecule has 21 heavy (non-hydrogen) atoms. The lowest BCUT2D eigenvalue weighted by Gasteiger charge is -2.28. The Hall–Kier alpha value is -1.78. The molecule has 2 aliphatic rings. The molecule has 0 aliphatic carbocycles. The first-order valence-corrected chi connectivity index (χ1v) is 7.55. The molecule has 0 radical (unpaired) electrons. The lowest BCUT2D eigenvalue weighted by Crippen LogP contribution is -2.40. The predicted molar refractivity (Wildman–Crippen MR) is 79.3 cm³/mol. The Morgan fingerprint density at radius 2 is 2.10 bits per heavy atom. The minimum atomic E-state index is -0.466. The summed E-state index contributed by atoms with van der Waals surface area (Å²) in [4.78, 5) is 28.2. The average Bonchev–Trinajstić information content (AvgIpc) is 2.95.